The largest absolute Gasteiger partial charge is 0.329 e. The van der Waals surface area contributed by atoms with E-state index in [1.807, 2.05) is 54.5 Å². The molecule has 3 amide bonds. The second-order valence-electron chi connectivity index (χ2n) is 8.20. The number of quaternary nitrogens is 1. The van der Waals surface area contributed by atoms with Gasteiger partial charge in [-0.15, -0.1) is 0 Å². The summed E-state index contributed by atoms with van der Waals surface area (Å²) in [6.07, 6.45) is 7.69. The van der Waals surface area contributed by atoms with Gasteiger partial charge >= 0.3 is 6.03 Å². The van der Waals surface area contributed by atoms with E-state index in [0.29, 0.717) is 13.2 Å². The lowest BCUT2D eigenvalue weighted by atomic mass is 9.73. The molecule has 1 saturated carbocycles. The molecule has 1 unspecified atom stereocenters. The van der Waals surface area contributed by atoms with E-state index >= 15 is 0 Å². The van der Waals surface area contributed by atoms with Crippen molar-refractivity contribution >= 4 is 11.9 Å². The first-order valence-electron chi connectivity index (χ1n) is 10.0. The fourth-order valence-corrected chi connectivity index (χ4v) is 4.49. The molecule has 0 bridgehead atoms. The van der Waals surface area contributed by atoms with E-state index in [1.54, 1.807) is 0 Å². The zero-order valence-corrected chi connectivity index (χ0v) is 16.5. The predicted molar refractivity (Wildman–Crippen MR) is 105 cm³/mol. The number of rotatable bonds is 5. The van der Waals surface area contributed by atoms with Crippen molar-refractivity contribution in [2.45, 2.75) is 44.7 Å². The molecule has 2 aromatic rings. The van der Waals surface area contributed by atoms with Gasteiger partial charge in [-0.05, 0) is 30.9 Å². The molecule has 7 heteroatoms. The lowest BCUT2D eigenvalue weighted by molar-refractivity contribution is -0.901. The average Bonchev–Trinajstić information content (AvgIpc) is 3.24. The normalized spacial score (nSPS) is 25.9. The first-order chi connectivity index (χ1) is 13.5. The maximum atomic E-state index is 13.1. The van der Waals surface area contributed by atoms with Gasteiger partial charge in [-0.3, -0.25) is 4.79 Å². The summed E-state index contributed by atoms with van der Waals surface area (Å²) in [6.45, 7) is 3.12. The number of benzene rings is 1. The number of amides is 3. The van der Waals surface area contributed by atoms with Crippen molar-refractivity contribution in [1.29, 1.82) is 0 Å². The minimum absolute atomic E-state index is 0.0518. The molecule has 0 radical (unpaired) electrons. The van der Waals surface area contributed by atoms with Crippen molar-refractivity contribution in [1.82, 2.24) is 20.0 Å². The molecule has 2 aliphatic rings. The third kappa shape index (κ3) is 3.30. The van der Waals surface area contributed by atoms with E-state index in [1.165, 1.54) is 4.90 Å². The van der Waals surface area contributed by atoms with Crippen LogP contribution in [0.1, 0.15) is 38.2 Å². The van der Waals surface area contributed by atoms with Crippen molar-refractivity contribution in [2.75, 3.05) is 13.7 Å². The minimum Gasteiger partial charge on any atom is -0.323 e. The fourth-order valence-electron chi connectivity index (χ4n) is 4.49. The smallest absolute Gasteiger partial charge is 0.323 e. The summed E-state index contributed by atoms with van der Waals surface area (Å²) in [5, 5.41) is 7.44. The van der Waals surface area contributed by atoms with E-state index in [2.05, 4.69) is 17.3 Å². The van der Waals surface area contributed by atoms with Crippen LogP contribution < -0.4 is 10.2 Å². The Kier molecular flexibility index (Phi) is 4.93. The molecule has 1 aliphatic heterocycles. The van der Waals surface area contributed by atoms with Crippen LogP contribution in [0.15, 0.2) is 42.7 Å². The predicted octanol–water partition coefficient (Wildman–Crippen LogP) is 1.35. The lowest BCUT2D eigenvalue weighted by Crippen LogP contribution is -3.09. The number of hydrogen-bond acceptors (Lipinski definition) is 3. The summed E-state index contributed by atoms with van der Waals surface area (Å²) in [4.78, 5) is 28.1. The van der Waals surface area contributed by atoms with Crippen molar-refractivity contribution in [3.05, 3.63) is 48.3 Å². The van der Waals surface area contributed by atoms with Gasteiger partial charge in [0.1, 0.15) is 12.1 Å². The van der Waals surface area contributed by atoms with E-state index in [0.717, 1.165) is 41.8 Å². The molecule has 2 heterocycles. The van der Waals surface area contributed by atoms with Crippen LogP contribution >= 0.6 is 0 Å². The Balaban J connectivity index is 1.41. The molecule has 1 aromatic heterocycles. The monoisotopic (exact) mass is 382 g/mol. The number of hydrogen-bond donors (Lipinski definition) is 2. The second kappa shape index (κ2) is 7.39. The van der Waals surface area contributed by atoms with Gasteiger partial charge in [0.15, 0.2) is 6.67 Å². The Bertz CT molecular complexity index is 865. The van der Waals surface area contributed by atoms with Crippen molar-refractivity contribution in [3.63, 3.8) is 0 Å². The first kappa shape index (κ1) is 18.7. The number of imide groups is 1. The molecule has 28 heavy (non-hydrogen) atoms. The molecular formula is C21H28N5O2+. The Labute approximate surface area is 165 Å². The highest BCUT2D eigenvalue weighted by atomic mass is 16.2. The minimum atomic E-state index is -0.687. The van der Waals surface area contributed by atoms with Crippen LogP contribution in [-0.4, -0.2) is 45.9 Å². The number of aromatic nitrogens is 2. The molecular weight excluding hydrogens is 354 g/mol. The van der Waals surface area contributed by atoms with Gasteiger partial charge in [0, 0.05) is 11.8 Å². The van der Waals surface area contributed by atoms with E-state index in [9.17, 15) is 9.59 Å². The number of nitrogens with zero attached hydrogens (tertiary/aromatic N) is 3. The molecule has 1 aliphatic carbocycles. The molecule has 2 N–H and O–H groups in total. The maximum Gasteiger partial charge on any atom is 0.329 e. The van der Waals surface area contributed by atoms with Gasteiger partial charge in [-0.25, -0.2) is 14.4 Å². The molecule has 3 atom stereocenters. The Morgan fingerprint density at radius 1 is 1.25 bits per heavy atom. The fraction of sp³-hybridized carbons (Fsp3) is 0.476. The van der Waals surface area contributed by atoms with Crippen molar-refractivity contribution < 1.29 is 14.5 Å². The topological polar surface area (TPSA) is 71.7 Å². The van der Waals surface area contributed by atoms with Crippen molar-refractivity contribution in [2.24, 2.45) is 5.92 Å². The van der Waals surface area contributed by atoms with Crippen LogP contribution in [0.5, 0.6) is 0 Å². The van der Waals surface area contributed by atoms with Gasteiger partial charge in [0.2, 0.25) is 0 Å². The third-order valence-corrected chi connectivity index (χ3v) is 6.09. The first-order valence-corrected chi connectivity index (χ1v) is 10.0. The van der Waals surface area contributed by atoms with E-state index in [-0.39, 0.29) is 17.9 Å². The SMILES string of the molecule is C[C@@H]1CCCC[C@]12NC(=O)N(C[NH+](C)Cc1cnn(-c3ccccc3)c1)C2=O. The highest BCUT2D eigenvalue weighted by Gasteiger charge is 2.55. The molecule has 7 nitrogen and oxygen atoms in total. The Morgan fingerprint density at radius 3 is 2.79 bits per heavy atom. The van der Waals surface area contributed by atoms with Gasteiger partial charge in [-0.2, -0.15) is 5.10 Å². The average molecular weight is 382 g/mol. The standard InChI is InChI=1S/C21H27N5O2/c1-16-8-6-7-11-21(16)19(27)25(20(28)23-21)15-24(2)13-17-12-22-26(14-17)18-9-4-3-5-10-18/h3-5,9-10,12,14,16H,6-8,11,13,15H2,1-2H3,(H,23,28)/p+1/t16-,21+/m1/s1. The number of nitrogens with one attached hydrogen (secondary N) is 2. The van der Waals surface area contributed by atoms with Crippen molar-refractivity contribution in [3.8, 4) is 5.69 Å². The molecule has 2 fully saturated rings. The second-order valence-corrected chi connectivity index (χ2v) is 8.20. The highest BCUT2D eigenvalue weighted by Crippen LogP contribution is 2.37. The lowest BCUT2D eigenvalue weighted by Gasteiger charge is -2.36. The summed E-state index contributed by atoms with van der Waals surface area (Å²) in [7, 11) is 2.00. The summed E-state index contributed by atoms with van der Waals surface area (Å²) >= 11 is 0. The number of carbonyl (C=O) groups excluding carboxylic acids is 2. The van der Waals surface area contributed by atoms with Crippen LogP contribution in [0.2, 0.25) is 0 Å². The molecule has 148 valence electrons. The summed E-state index contributed by atoms with van der Waals surface area (Å²) in [5.74, 6) is 0.135. The number of urea groups is 1. The molecule has 1 spiro atoms. The Hall–Kier alpha value is -2.67. The van der Waals surface area contributed by atoms with E-state index in [4.69, 9.17) is 0 Å². The number of carbonyl (C=O) groups is 2. The third-order valence-electron chi connectivity index (χ3n) is 6.09. The van der Waals surface area contributed by atoms with Crippen LogP contribution in [0, 0.1) is 5.92 Å². The quantitative estimate of drug-likeness (QED) is 0.767. The summed E-state index contributed by atoms with van der Waals surface area (Å²) < 4.78 is 1.84. The Morgan fingerprint density at radius 2 is 2.04 bits per heavy atom. The van der Waals surface area contributed by atoms with Crippen LogP contribution in [0.3, 0.4) is 0 Å². The van der Waals surface area contributed by atoms with Crippen LogP contribution in [-0.2, 0) is 11.3 Å². The molecule has 1 aromatic carbocycles. The van der Waals surface area contributed by atoms with Crippen LogP contribution in [0.4, 0.5) is 4.79 Å². The summed E-state index contributed by atoms with van der Waals surface area (Å²) in [5.41, 5.74) is 1.39. The maximum absolute atomic E-state index is 13.1. The summed E-state index contributed by atoms with van der Waals surface area (Å²) in [6, 6.07) is 9.69. The molecule has 4 rings (SSSR count). The van der Waals surface area contributed by atoms with Gasteiger partial charge < -0.3 is 10.2 Å². The zero-order valence-electron chi connectivity index (χ0n) is 16.5. The molecule has 1 saturated heterocycles. The highest BCUT2D eigenvalue weighted by molar-refractivity contribution is 6.07. The van der Waals surface area contributed by atoms with Gasteiger partial charge in [0.05, 0.1) is 18.9 Å². The van der Waals surface area contributed by atoms with E-state index < -0.39 is 5.54 Å². The zero-order chi connectivity index (χ0) is 19.7. The van der Waals surface area contributed by atoms with Gasteiger partial charge in [-0.1, -0.05) is 38.0 Å². The van der Waals surface area contributed by atoms with Crippen LogP contribution in [0.25, 0.3) is 5.69 Å². The van der Waals surface area contributed by atoms with Gasteiger partial charge in [0.25, 0.3) is 5.91 Å². The number of para-hydroxylation sites is 1.